The third-order valence-corrected chi connectivity index (χ3v) is 2.24. The van der Waals surface area contributed by atoms with Crippen LogP contribution in [0.25, 0.3) is 0 Å². The molecule has 0 bridgehead atoms. The number of carboxylic acid groups (broad SMARTS) is 1. The Morgan fingerprint density at radius 1 is 1.57 bits per heavy atom. The molecular formula is C10H9FO3. The summed E-state index contributed by atoms with van der Waals surface area (Å²) in [5.41, 5.74) is 0.738. The van der Waals surface area contributed by atoms with Crippen LogP contribution in [0.3, 0.4) is 0 Å². The van der Waals surface area contributed by atoms with Crippen molar-refractivity contribution in [2.45, 2.75) is 18.9 Å². The second-order valence-electron chi connectivity index (χ2n) is 3.24. The number of aryl methyl sites for hydroxylation is 1. The number of aliphatic carboxylic acids is 1. The maximum Gasteiger partial charge on any atom is 0.344 e. The lowest BCUT2D eigenvalue weighted by Gasteiger charge is -2.22. The van der Waals surface area contributed by atoms with E-state index < -0.39 is 12.1 Å². The van der Waals surface area contributed by atoms with E-state index in [1.165, 1.54) is 18.2 Å². The molecule has 1 aliphatic rings. The lowest BCUT2D eigenvalue weighted by Crippen LogP contribution is -2.30. The van der Waals surface area contributed by atoms with Crippen molar-refractivity contribution in [3.8, 4) is 5.75 Å². The summed E-state index contributed by atoms with van der Waals surface area (Å²) >= 11 is 0. The van der Waals surface area contributed by atoms with Gasteiger partial charge >= 0.3 is 5.97 Å². The summed E-state index contributed by atoms with van der Waals surface area (Å²) in [5.74, 6) is -0.814. The van der Waals surface area contributed by atoms with Gasteiger partial charge in [0.1, 0.15) is 11.6 Å². The number of carboxylic acids is 1. The molecule has 0 spiro atoms. The van der Waals surface area contributed by atoms with Gasteiger partial charge in [-0.1, -0.05) is 0 Å². The Hall–Kier alpha value is -1.58. The van der Waals surface area contributed by atoms with Crippen molar-refractivity contribution in [2.75, 3.05) is 0 Å². The van der Waals surface area contributed by atoms with E-state index in [0.717, 1.165) is 5.56 Å². The van der Waals surface area contributed by atoms with Gasteiger partial charge in [-0.05, 0) is 36.6 Å². The molecule has 1 aliphatic heterocycles. The zero-order valence-corrected chi connectivity index (χ0v) is 7.37. The monoisotopic (exact) mass is 196 g/mol. The second kappa shape index (κ2) is 3.29. The van der Waals surface area contributed by atoms with Gasteiger partial charge in [0.05, 0.1) is 0 Å². The van der Waals surface area contributed by atoms with Crippen LogP contribution in [0.4, 0.5) is 4.39 Å². The van der Waals surface area contributed by atoms with Crippen LogP contribution in [-0.2, 0) is 11.2 Å². The van der Waals surface area contributed by atoms with Gasteiger partial charge in [-0.15, -0.1) is 0 Å². The quantitative estimate of drug-likeness (QED) is 0.742. The van der Waals surface area contributed by atoms with Crippen LogP contribution in [-0.4, -0.2) is 17.2 Å². The number of ether oxygens (including phenoxy) is 1. The van der Waals surface area contributed by atoms with Crippen molar-refractivity contribution in [3.63, 3.8) is 0 Å². The standard InChI is InChI=1S/C10H9FO3/c11-7-2-4-8-6(5-7)1-3-9(14-8)10(12)13/h2,4-5,9H,1,3H2,(H,12,13). The molecule has 14 heavy (non-hydrogen) atoms. The molecule has 1 atom stereocenters. The molecule has 1 aromatic rings. The molecule has 2 rings (SSSR count). The van der Waals surface area contributed by atoms with Crippen LogP contribution in [0.5, 0.6) is 5.75 Å². The molecule has 74 valence electrons. The highest BCUT2D eigenvalue weighted by atomic mass is 19.1. The number of rotatable bonds is 1. The molecule has 0 aromatic heterocycles. The van der Waals surface area contributed by atoms with E-state index in [-0.39, 0.29) is 5.82 Å². The highest BCUT2D eigenvalue weighted by molar-refractivity contribution is 5.73. The Kier molecular flexibility index (Phi) is 2.11. The Morgan fingerprint density at radius 2 is 2.36 bits per heavy atom. The third-order valence-electron chi connectivity index (χ3n) is 2.24. The van der Waals surface area contributed by atoms with Crippen LogP contribution in [0.2, 0.25) is 0 Å². The molecule has 0 amide bonds. The van der Waals surface area contributed by atoms with Gasteiger partial charge in [-0.25, -0.2) is 9.18 Å². The van der Waals surface area contributed by atoms with Crippen LogP contribution >= 0.6 is 0 Å². The summed E-state index contributed by atoms with van der Waals surface area (Å²) in [6.45, 7) is 0. The van der Waals surface area contributed by atoms with Gasteiger partial charge < -0.3 is 9.84 Å². The zero-order chi connectivity index (χ0) is 10.1. The molecule has 3 nitrogen and oxygen atoms in total. The van der Waals surface area contributed by atoms with Gasteiger partial charge in [0.25, 0.3) is 0 Å². The molecule has 0 fully saturated rings. The summed E-state index contributed by atoms with van der Waals surface area (Å²) in [5, 5.41) is 8.72. The van der Waals surface area contributed by atoms with E-state index in [4.69, 9.17) is 9.84 Å². The summed E-state index contributed by atoms with van der Waals surface area (Å²) in [6.07, 6.45) is 0.142. The highest BCUT2D eigenvalue weighted by Crippen LogP contribution is 2.28. The van der Waals surface area contributed by atoms with Gasteiger partial charge in [-0.2, -0.15) is 0 Å². The minimum Gasteiger partial charge on any atom is -0.479 e. The molecule has 1 aromatic carbocycles. The van der Waals surface area contributed by atoms with Crippen molar-refractivity contribution >= 4 is 5.97 Å². The van der Waals surface area contributed by atoms with Gasteiger partial charge in [0.15, 0.2) is 6.10 Å². The summed E-state index contributed by atoms with van der Waals surface area (Å²) in [4.78, 5) is 10.6. The molecular weight excluding hydrogens is 187 g/mol. The Morgan fingerprint density at radius 3 is 3.07 bits per heavy atom. The summed E-state index contributed by atoms with van der Waals surface area (Å²) < 4.78 is 18.0. The molecule has 0 saturated carbocycles. The van der Waals surface area contributed by atoms with Crippen LogP contribution < -0.4 is 4.74 Å². The van der Waals surface area contributed by atoms with Crippen molar-refractivity contribution in [3.05, 3.63) is 29.6 Å². The number of fused-ring (bicyclic) bond motifs is 1. The number of hydrogen-bond acceptors (Lipinski definition) is 2. The topological polar surface area (TPSA) is 46.5 Å². The SMILES string of the molecule is O=C(O)C1CCc2cc(F)ccc2O1. The van der Waals surface area contributed by atoms with E-state index >= 15 is 0 Å². The van der Waals surface area contributed by atoms with E-state index in [9.17, 15) is 9.18 Å². The van der Waals surface area contributed by atoms with Crippen molar-refractivity contribution in [1.82, 2.24) is 0 Å². The normalized spacial score (nSPS) is 19.6. The number of benzene rings is 1. The first-order valence-electron chi connectivity index (χ1n) is 4.35. The van der Waals surface area contributed by atoms with Crippen LogP contribution in [0.1, 0.15) is 12.0 Å². The predicted molar refractivity (Wildman–Crippen MR) is 46.8 cm³/mol. The fraction of sp³-hybridized carbons (Fsp3) is 0.300. The van der Waals surface area contributed by atoms with Gasteiger partial charge in [0.2, 0.25) is 0 Å². The van der Waals surface area contributed by atoms with Crippen molar-refractivity contribution < 1.29 is 19.0 Å². The average Bonchev–Trinajstić information content (AvgIpc) is 2.16. The minimum atomic E-state index is -0.972. The molecule has 1 heterocycles. The number of carbonyl (C=O) groups is 1. The van der Waals surface area contributed by atoms with Gasteiger partial charge in [0, 0.05) is 0 Å². The zero-order valence-electron chi connectivity index (χ0n) is 7.37. The summed E-state index contributed by atoms with van der Waals surface area (Å²) in [7, 11) is 0. The van der Waals surface area contributed by atoms with E-state index in [2.05, 4.69) is 0 Å². The molecule has 0 aliphatic carbocycles. The molecule has 0 saturated heterocycles. The lowest BCUT2D eigenvalue weighted by molar-refractivity contribution is -0.145. The molecule has 1 N–H and O–H groups in total. The van der Waals surface area contributed by atoms with E-state index in [1.807, 2.05) is 0 Å². The molecule has 4 heteroatoms. The maximum atomic E-state index is 12.8. The Balaban J connectivity index is 2.27. The second-order valence-corrected chi connectivity index (χ2v) is 3.24. The van der Waals surface area contributed by atoms with Gasteiger partial charge in [-0.3, -0.25) is 0 Å². The highest BCUT2D eigenvalue weighted by Gasteiger charge is 2.25. The van der Waals surface area contributed by atoms with E-state index in [0.29, 0.717) is 18.6 Å². The summed E-state index contributed by atoms with van der Waals surface area (Å²) in [6, 6.07) is 4.12. The lowest BCUT2D eigenvalue weighted by atomic mass is 10.0. The first kappa shape index (κ1) is 8.99. The predicted octanol–water partition coefficient (Wildman–Crippen LogP) is 1.60. The maximum absolute atomic E-state index is 12.8. The average molecular weight is 196 g/mol. The smallest absolute Gasteiger partial charge is 0.344 e. The van der Waals surface area contributed by atoms with Crippen molar-refractivity contribution in [2.24, 2.45) is 0 Å². The molecule has 0 radical (unpaired) electrons. The fourth-order valence-corrected chi connectivity index (χ4v) is 1.53. The first-order valence-corrected chi connectivity index (χ1v) is 4.35. The molecule has 1 unspecified atom stereocenters. The Labute approximate surface area is 80.1 Å². The largest absolute Gasteiger partial charge is 0.479 e. The first-order chi connectivity index (χ1) is 6.66. The van der Waals surface area contributed by atoms with Crippen LogP contribution in [0, 0.1) is 5.82 Å². The number of halogens is 1. The Bertz CT molecular complexity index is 376. The van der Waals surface area contributed by atoms with Crippen molar-refractivity contribution in [1.29, 1.82) is 0 Å². The third kappa shape index (κ3) is 1.55. The van der Waals surface area contributed by atoms with Crippen LogP contribution in [0.15, 0.2) is 18.2 Å². The van der Waals surface area contributed by atoms with E-state index in [1.54, 1.807) is 0 Å². The fourth-order valence-electron chi connectivity index (χ4n) is 1.53. The minimum absolute atomic E-state index is 0.318. The number of hydrogen-bond donors (Lipinski definition) is 1.